The van der Waals surface area contributed by atoms with E-state index in [-0.39, 0.29) is 0 Å². The minimum Gasteiger partial charge on any atom is -0.332 e. The SMILES string of the molecule is Cc1cccc(Cn2cc(NC(=S)Nc3cccc(C)c3C)cn2)c1. The smallest absolute Gasteiger partial charge is 0.175 e. The number of nitrogens with zero attached hydrogens (tertiary/aromatic N) is 2. The van der Waals surface area contributed by atoms with Gasteiger partial charge in [-0.05, 0) is 55.7 Å². The lowest BCUT2D eigenvalue weighted by molar-refractivity contribution is 0.686. The van der Waals surface area contributed by atoms with Gasteiger partial charge in [-0.3, -0.25) is 4.68 Å². The van der Waals surface area contributed by atoms with Gasteiger partial charge in [0.1, 0.15) is 0 Å². The summed E-state index contributed by atoms with van der Waals surface area (Å²) in [6.45, 7) is 7.00. The van der Waals surface area contributed by atoms with E-state index in [1.165, 1.54) is 22.3 Å². The van der Waals surface area contributed by atoms with E-state index in [1.807, 2.05) is 23.0 Å². The van der Waals surface area contributed by atoms with Gasteiger partial charge in [0.15, 0.2) is 5.11 Å². The van der Waals surface area contributed by atoms with Crippen LogP contribution < -0.4 is 10.6 Å². The molecule has 4 nitrogen and oxygen atoms in total. The van der Waals surface area contributed by atoms with E-state index < -0.39 is 0 Å². The predicted octanol–water partition coefficient (Wildman–Crippen LogP) is 4.67. The highest BCUT2D eigenvalue weighted by atomic mass is 32.1. The van der Waals surface area contributed by atoms with Gasteiger partial charge in [-0.1, -0.05) is 42.0 Å². The molecule has 0 aliphatic carbocycles. The molecule has 3 aromatic rings. The average Bonchev–Trinajstić information content (AvgIpc) is 2.98. The zero-order valence-corrected chi connectivity index (χ0v) is 15.5. The molecule has 5 heteroatoms. The lowest BCUT2D eigenvalue weighted by atomic mass is 10.1. The van der Waals surface area contributed by atoms with Crippen LogP contribution in [0.2, 0.25) is 0 Å². The van der Waals surface area contributed by atoms with Crippen LogP contribution >= 0.6 is 12.2 Å². The fourth-order valence-corrected chi connectivity index (χ4v) is 2.91. The van der Waals surface area contributed by atoms with Gasteiger partial charge in [0, 0.05) is 11.9 Å². The van der Waals surface area contributed by atoms with Gasteiger partial charge in [0.2, 0.25) is 0 Å². The molecule has 0 fully saturated rings. The Morgan fingerprint density at radius 2 is 1.88 bits per heavy atom. The minimum absolute atomic E-state index is 0.559. The van der Waals surface area contributed by atoms with Gasteiger partial charge in [-0.25, -0.2) is 0 Å². The molecule has 0 spiro atoms. The molecule has 128 valence electrons. The first-order valence-corrected chi connectivity index (χ1v) is 8.64. The Morgan fingerprint density at radius 3 is 2.68 bits per heavy atom. The molecular weight excluding hydrogens is 328 g/mol. The van der Waals surface area contributed by atoms with Crippen molar-refractivity contribution < 1.29 is 0 Å². The van der Waals surface area contributed by atoms with Gasteiger partial charge in [0.25, 0.3) is 0 Å². The van der Waals surface area contributed by atoms with Crippen LogP contribution in [0.15, 0.2) is 54.9 Å². The second kappa shape index (κ2) is 7.49. The molecule has 0 radical (unpaired) electrons. The Morgan fingerprint density at radius 1 is 1.08 bits per heavy atom. The molecule has 1 aromatic heterocycles. The first-order valence-electron chi connectivity index (χ1n) is 8.23. The summed E-state index contributed by atoms with van der Waals surface area (Å²) >= 11 is 5.42. The Labute approximate surface area is 153 Å². The molecule has 0 unspecified atom stereocenters. The van der Waals surface area contributed by atoms with Gasteiger partial charge in [0.05, 0.1) is 18.4 Å². The van der Waals surface area contributed by atoms with Crippen LogP contribution in [0, 0.1) is 20.8 Å². The number of aromatic nitrogens is 2. The van der Waals surface area contributed by atoms with Gasteiger partial charge in [-0.2, -0.15) is 5.10 Å². The fraction of sp³-hybridized carbons (Fsp3) is 0.200. The number of rotatable bonds is 4. The summed E-state index contributed by atoms with van der Waals surface area (Å²) in [6, 6.07) is 14.6. The summed E-state index contributed by atoms with van der Waals surface area (Å²) in [5.41, 5.74) is 6.80. The molecule has 1 heterocycles. The maximum atomic E-state index is 5.42. The quantitative estimate of drug-likeness (QED) is 0.671. The van der Waals surface area contributed by atoms with Crippen molar-refractivity contribution in [3.8, 4) is 0 Å². The molecule has 3 rings (SSSR count). The molecule has 25 heavy (non-hydrogen) atoms. The highest BCUT2D eigenvalue weighted by Gasteiger charge is 2.05. The molecule has 0 aliphatic heterocycles. The molecule has 0 bridgehead atoms. The van der Waals surface area contributed by atoms with Crippen molar-refractivity contribution in [2.45, 2.75) is 27.3 Å². The van der Waals surface area contributed by atoms with Crippen LogP contribution in [-0.2, 0) is 6.54 Å². The Bertz CT molecular complexity index is 898. The molecule has 2 aromatic carbocycles. The van der Waals surface area contributed by atoms with Gasteiger partial charge < -0.3 is 10.6 Å². The summed E-state index contributed by atoms with van der Waals surface area (Å²) in [5, 5.41) is 11.4. The highest BCUT2D eigenvalue weighted by molar-refractivity contribution is 7.80. The topological polar surface area (TPSA) is 41.9 Å². The number of hydrogen-bond donors (Lipinski definition) is 2. The Balaban J connectivity index is 1.63. The second-order valence-electron chi connectivity index (χ2n) is 6.24. The molecule has 0 saturated carbocycles. The first kappa shape index (κ1) is 17.2. The van der Waals surface area contributed by atoms with E-state index in [2.05, 4.69) is 66.8 Å². The van der Waals surface area contributed by atoms with E-state index in [1.54, 1.807) is 6.20 Å². The maximum absolute atomic E-state index is 5.42. The standard InChI is InChI=1S/C20H22N4S/c1-14-6-4-8-17(10-14)12-24-13-18(11-21-24)22-20(25)23-19-9-5-7-15(2)16(19)3/h4-11,13H,12H2,1-3H3,(H2,22,23,25). The molecule has 0 aliphatic rings. The summed E-state index contributed by atoms with van der Waals surface area (Å²) in [6.07, 6.45) is 3.74. The van der Waals surface area contributed by atoms with Crippen LogP contribution in [0.4, 0.5) is 11.4 Å². The number of benzene rings is 2. The van der Waals surface area contributed by atoms with E-state index in [9.17, 15) is 0 Å². The van der Waals surface area contributed by atoms with Crippen LogP contribution in [0.1, 0.15) is 22.3 Å². The van der Waals surface area contributed by atoms with Crippen molar-refractivity contribution in [2.75, 3.05) is 10.6 Å². The van der Waals surface area contributed by atoms with E-state index >= 15 is 0 Å². The predicted molar refractivity (Wildman–Crippen MR) is 108 cm³/mol. The van der Waals surface area contributed by atoms with E-state index in [0.29, 0.717) is 5.11 Å². The van der Waals surface area contributed by atoms with Crippen LogP contribution in [0.3, 0.4) is 0 Å². The van der Waals surface area contributed by atoms with E-state index in [0.717, 1.165) is 17.9 Å². The number of hydrogen-bond acceptors (Lipinski definition) is 2. The van der Waals surface area contributed by atoms with Crippen molar-refractivity contribution in [3.63, 3.8) is 0 Å². The van der Waals surface area contributed by atoms with E-state index in [4.69, 9.17) is 12.2 Å². The third-order valence-corrected chi connectivity index (χ3v) is 4.38. The summed E-state index contributed by atoms with van der Waals surface area (Å²) < 4.78 is 1.90. The van der Waals surface area contributed by atoms with Crippen molar-refractivity contribution in [1.82, 2.24) is 9.78 Å². The van der Waals surface area contributed by atoms with Crippen molar-refractivity contribution >= 4 is 28.7 Å². The largest absolute Gasteiger partial charge is 0.332 e. The molecule has 0 atom stereocenters. The monoisotopic (exact) mass is 350 g/mol. The molecule has 0 saturated heterocycles. The number of thiocarbonyl (C=S) groups is 1. The summed E-state index contributed by atoms with van der Waals surface area (Å²) in [4.78, 5) is 0. The van der Waals surface area contributed by atoms with Crippen molar-refractivity contribution in [2.24, 2.45) is 0 Å². The number of anilines is 2. The van der Waals surface area contributed by atoms with Crippen molar-refractivity contribution in [3.05, 3.63) is 77.1 Å². The minimum atomic E-state index is 0.559. The molecular formula is C20H22N4S. The fourth-order valence-electron chi connectivity index (χ4n) is 2.68. The van der Waals surface area contributed by atoms with Gasteiger partial charge >= 0.3 is 0 Å². The number of nitrogens with one attached hydrogen (secondary N) is 2. The number of aryl methyl sites for hydroxylation is 2. The van der Waals surface area contributed by atoms with Crippen molar-refractivity contribution in [1.29, 1.82) is 0 Å². The van der Waals surface area contributed by atoms with Crippen LogP contribution in [-0.4, -0.2) is 14.9 Å². The highest BCUT2D eigenvalue weighted by Crippen LogP contribution is 2.18. The third kappa shape index (κ3) is 4.45. The Hall–Kier alpha value is -2.66. The zero-order valence-electron chi connectivity index (χ0n) is 14.7. The normalized spacial score (nSPS) is 10.5. The van der Waals surface area contributed by atoms with Crippen LogP contribution in [0.5, 0.6) is 0 Å². The summed E-state index contributed by atoms with van der Waals surface area (Å²) in [5.74, 6) is 0. The summed E-state index contributed by atoms with van der Waals surface area (Å²) in [7, 11) is 0. The van der Waals surface area contributed by atoms with Crippen LogP contribution in [0.25, 0.3) is 0 Å². The van der Waals surface area contributed by atoms with Gasteiger partial charge in [-0.15, -0.1) is 0 Å². The first-order chi connectivity index (χ1) is 12.0. The third-order valence-electron chi connectivity index (χ3n) is 4.17. The lowest BCUT2D eigenvalue weighted by Gasteiger charge is -2.12. The average molecular weight is 350 g/mol. The Kier molecular flexibility index (Phi) is 5.14. The zero-order chi connectivity index (χ0) is 17.8. The lowest BCUT2D eigenvalue weighted by Crippen LogP contribution is -2.19. The second-order valence-corrected chi connectivity index (χ2v) is 6.65. The maximum Gasteiger partial charge on any atom is 0.175 e. The molecule has 2 N–H and O–H groups in total. The molecule has 0 amide bonds.